The van der Waals surface area contributed by atoms with E-state index in [-0.39, 0.29) is 11.6 Å². The largest absolute Gasteiger partial charge is 0.493 e. The second-order valence-electron chi connectivity index (χ2n) is 5.83. The molecule has 6 nitrogen and oxygen atoms in total. The lowest BCUT2D eigenvalue weighted by molar-refractivity contribution is 0.0994. The molecule has 0 spiro atoms. The minimum absolute atomic E-state index is 0.136. The Bertz CT molecular complexity index is 1200. The first kappa shape index (κ1) is 16.4. The van der Waals surface area contributed by atoms with Gasteiger partial charge in [-0.15, -0.1) is 10.2 Å². The van der Waals surface area contributed by atoms with Crippen molar-refractivity contribution >= 4 is 49.3 Å². The topological polar surface area (TPSA) is 90.7 Å². The van der Waals surface area contributed by atoms with Crippen LogP contribution in [0.3, 0.4) is 0 Å². The van der Waals surface area contributed by atoms with Gasteiger partial charge in [0, 0.05) is 15.2 Å². The highest BCUT2D eigenvalue weighted by molar-refractivity contribution is 9.10. The Balaban J connectivity index is 1.74. The Morgan fingerprint density at radius 1 is 1.19 bits per heavy atom. The maximum atomic E-state index is 12.5. The molecule has 0 saturated carbocycles. The number of hydrogen-bond donors (Lipinski definition) is 2. The number of carbonyl (C=O) groups is 1. The number of rotatable bonds is 2. The lowest BCUT2D eigenvalue weighted by Gasteiger charge is -2.03. The summed E-state index contributed by atoms with van der Waals surface area (Å²) in [4.78, 5) is 19.8. The SMILES string of the molecule is Cc1nc2ccccc2cc1C(=O)N=Nc1c(O)[nH]c2ccc(Br)cc12. The quantitative estimate of drug-likeness (QED) is 0.434. The minimum atomic E-state index is -0.510. The van der Waals surface area contributed by atoms with Crippen molar-refractivity contribution in [2.45, 2.75) is 6.92 Å². The maximum Gasteiger partial charge on any atom is 0.297 e. The molecule has 0 aliphatic rings. The van der Waals surface area contributed by atoms with Gasteiger partial charge < -0.3 is 10.1 Å². The number of aromatic hydroxyl groups is 1. The van der Waals surface area contributed by atoms with E-state index in [9.17, 15) is 9.90 Å². The molecule has 0 atom stereocenters. The van der Waals surface area contributed by atoms with Crippen LogP contribution in [0.2, 0.25) is 0 Å². The zero-order valence-electron chi connectivity index (χ0n) is 13.7. The van der Waals surface area contributed by atoms with Crippen LogP contribution in [0.15, 0.2) is 63.2 Å². The van der Waals surface area contributed by atoms with E-state index in [1.54, 1.807) is 25.1 Å². The minimum Gasteiger partial charge on any atom is -0.493 e. The van der Waals surface area contributed by atoms with Crippen molar-refractivity contribution in [1.82, 2.24) is 9.97 Å². The molecule has 0 bridgehead atoms. The summed E-state index contributed by atoms with van der Waals surface area (Å²) < 4.78 is 0.835. The normalized spacial score (nSPS) is 11.6. The maximum absolute atomic E-state index is 12.5. The van der Waals surface area contributed by atoms with Gasteiger partial charge in [0.1, 0.15) is 0 Å². The van der Waals surface area contributed by atoms with E-state index in [2.05, 4.69) is 36.1 Å². The van der Waals surface area contributed by atoms with Gasteiger partial charge in [-0.05, 0) is 37.3 Å². The number of azo groups is 1. The molecule has 0 aliphatic carbocycles. The molecule has 4 rings (SSSR count). The molecule has 0 radical (unpaired) electrons. The first-order chi connectivity index (χ1) is 12.5. The molecule has 1 amide bonds. The predicted octanol–water partition coefficient (Wildman–Crippen LogP) is 5.42. The number of nitrogens with zero attached hydrogens (tertiary/aromatic N) is 3. The third-order valence-electron chi connectivity index (χ3n) is 4.10. The van der Waals surface area contributed by atoms with Crippen LogP contribution in [0, 0.1) is 6.92 Å². The number of halogens is 1. The monoisotopic (exact) mass is 408 g/mol. The summed E-state index contributed by atoms with van der Waals surface area (Å²) in [6, 6.07) is 14.8. The molecule has 2 aromatic carbocycles. The van der Waals surface area contributed by atoms with Gasteiger partial charge in [-0.2, -0.15) is 0 Å². The zero-order valence-corrected chi connectivity index (χ0v) is 15.3. The molecule has 0 aliphatic heterocycles. The van der Waals surface area contributed by atoms with Crippen molar-refractivity contribution < 1.29 is 9.90 Å². The molecular formula is C19H13BrN4O2. The highest BCUT2D eigenvalue weighted by Crippen LogP contribution is 2.37. The summed E-state index contributed by atoms with van der Waals surface area (Å²) in [6.45, 7) is 1.76. The Morgan fingerprint density at radius 3 is 2.85 bits per heavy atom. The van der Waals surface area contributed by atoms with Gasteiger partial charge in [-0.3, -0.25) is 9.78 Å². The predicted molar refractivity (Wildman–Crippen MR) is 103 cm³/mol. The van der Waals surface area contributed by atoms with E-state index >= 15 is 0 Å². The molecular weight excluding hydrogens is 396 g/mol. The first-order valence-electron chi connectivity index (χ1n) is 7.85. The average Bonchev–Trinajstić information content (AvgIpc) is 2.93. The number of aromatic amines is 1. The number of para-hydroxylation sites is 1. The molecule has 0 fully saturated rings. The third kappa shape index (κ3) is 2.86. The fourth-order valence-electron chi connectivity index (χ4n) is 2.81. The molecule has 128 valence electrons. The number of carbonyl (C=O) groups excluding carboxylic acids is 1. The van der Waals surface area contributed by atoms with E-state index in [4.69, 9.17) is 0 Å². The van der Waals surface area contributed by atoms with Crippen molar-refractivity contribution in [2.75, 3.05) is 0 Å². The van der Waals surface area contributed by atoms with Crippen LogP contribution in [0.25, 0.3) is 21.8 Å². The Hall–Kier alpha value is -3.06. The van der Waals surface area contributed by atoms with Gasteiger partial charge in [-0.1, -0.05) is 34.1 Å². The Labute approximate surface area is 156 Å². The van der Waals surface area contributed by atoms with E-state index < -0.39 is 5.91 Å². The number of aromatic nitrogens is 2. The summed E-state index contributed by atoms with van der Waals surface area (Å²) in [5.41, 5.74) is 2.71. The number of amides is 1. The molecule has 2 aromatic heterocycles. The van der Waals surface area contributed by atoms with Crippen molar-refractivity contribution in [3.05, 3.63) is 64.3 Å². The Kier molecular flexibility index (Phi) is 4.00. The van der Waals surface area contributed by atoms with Crippen LogP contribution in [0.5, 0.6) is 5.88 Å². The van der Waals surface area contributed by atoms with Gasteiger partial charge >= 0.3 is 0 Å². The summed E-state index contributed by atoms with van der Waals surface area (Å²) in [5.74, 6) is -0.646. The number of fused-ring (bicyclic) bond motifs is 2. The fraction of sp³-hybridized carbons (Fsp3) is 0.0526. The summed E-state index contributed by atoms with van der Waals surface area (Å²) in [7, 11) is 0. The van der Waals surface area contributed by atoms with Gasteiger partial charge in [0.05, 0.1) is 22.3 Å². The highest BCUT2D eigenvalue weighted by atomic mass is 79.9. The third-order valence-corrected chi connectivity index (χ3v) is 4.59. The van der Waals surface area contributed by atoms with E-state index in [1.807, 2.05) is 30.3 Å². The lowest BCUT2D eigenvalue weighted by Crippen LogP contribution is -2.00. The van der Waals surface area contributed by atoms with Crippen molar-refractivity contribution in [2.24, 2.45) is 10.2 Å². The smallest absolute Gasteiger partial charge is 0.297 e. The fourth-order valence-corrected chi connectivity index (χ4v) is 3.18. The Morgan fingerprint density at radius 2 is 2.00 bits per heavy atom. The van der Waals surface area contributed by atoms with E-state index in [1.165, 1.54) is 0 Å². The summed E-state index contributed by atoms with van der Waals surface area (Å²) in [6.07, 6.45) is 0. The van der Waals surface area contributed by atoms with Gasteiger partial charge in [0.2, 0.25) is 5.88 Å². The van der Waals surface area contributed by atoms with Crippen LogP contribution in [0.4, 0.5) is 5.69 Å². The van der Waals surface area contributed by atoms with E-state index in [0.717, 1.165) is 15.4 Å². The van der Waals surface area contributed by atoms with Crippen LogP contribution in [-0.2, 0) is 0 Å². The molecule has 4 aromatic rings. The van der Waals surface area contributed by atoms with Crippen LogP contribution < -0.4 is 0 Å². The number of benzene rings is 2. The van der Waals surface area contributed by atoms with E-state index in [0.29, 0.717) is 22.2 Å². The van der Waals surface area contributed by atoms with Crippen molar-refractivity contribution in [1.29, 1.82) is 0 Å². The molecule has 2 heterocycles. The van der Waals surface area contributed by atoms with Gasteiger partial charge in [-0.25, -0.2) is 0 Å². The lowest BCUT2D eigenvalue weighted by atomic mass is 10.1. The van der Waals surface area contributed by atoms with Gasteiger partial charge in [0.25, 0.3) is 5.91 Å². The number of H-pyrrole nitrogens is 1. The number of pyridine rings is 1. The highest BCUT2D eigenvalue weighted by Gasteiger charge is 2.14. The summed E-state index contributed by atoms with van der Waals surface area (Å²) >= 11 is 3.38. The number of hydrogen-bond acceptors (Lipinski definition) is 4. The number of nitrogens with one attached hydrogen (secondary N) is 1. The average molecular weight is 409 g/mol. The second-order valence-corrected chi connectivity index (χ2v) is 6.75. The van der Waals surface area contributed by atoms with Crippen molar-refractivity contribution in [3.8, 4) is 5.88 Å². The van der Waals surface area contributed by atoms with Crippen molar-refractivity contribution in [3.63, 3.8) is 0 Å². The molecule has 7 heteroatoms. The standard InChI is InChI=1S/C19H13BrN4O2/c1-10-13(8-11-4-2-3-5-15(11)21-10)18(25)24-23-17-14-9-12(20)6-7-16(14)22-19(17)26/h2-9,22,26H,1H3. The summed E-state index contributed by atoms with van der Waals surface area (Å²) in [5, 5.41) is 19.4. The number of aryl methyl sites for hydroxylation is 1. The molecule has 0 unspecified atom stereocenters. The molecule has 26 heavy (non-hydrogen) atoms. The van der Waals surface area contributed by atoms with Crippen LogP contribution >= 0.6 is 15.9 Å². The zero-order chi connectivity index (χ0) is 18.3. The van der Waals surface area contributed by atoms with Gasteiger partial charge in [0.15, 0.2) is 5.69 Å². The van der Waals surface area contributed by atoms with Crippen LogP contribution in [0.1, 0.15) is 16.1 Å². The van der Waals surface area contributed by atoms with Crippen LogP contribution in [-0.4, -0.2) is 21.0 Å². The molecule has 2 N–H and O–H groups in total. The molecule has 0 saturated heterocycles. The second kappa shape index (κ2) is 6.34. The first-order valence-corrected chi connectivity index (χ1v) is 8.65.